The summed E-state index contributed by atoms with van der Waals surface area (Å²) in [6, 6.07) is 46.3. The van der Waals surface area contributed by atoms with Gasteiger partial charge in [0.05, 0.1) is 5.52 Å². The second-order valence-electron chi connectivity index (χ2n) is 14.4. The molecule has 0 saturated heterocycles. The Balaban J connectivity index is 0.000000241. The molecule has 1 aliphatic carbocycles. The number of fused-ring (bicyclic) bond motifs is 4. The third-order valence-electron chi connectivity index (χ3n) is 10.5. The summed E-state index contributed by atoms with van der Waals surface area (Å²) in [4.78, 5) is 26.1. The Morgan fingerprint density at radius 1 is 0.617 bits per heavy atom. The molecule has 307 valence electrons. The van der Waals surface area contributed by atoms with E-state index in [1.165, 1.54) is 36.4 Å². The molecule has 1 heterocycles. The number of carbonyl (C=O) groups is 1. The summed E-state index contributed by atoms with van der Waals surface area (Å²) >= 11 is 0. The zero-order valence-electron chi connectivity index (χ0n) is 31.6. The van der Waals surface area contributed by atoms with Crippen molar-refractivity contribution in [3.8, 4) is 22.6 Å². The van der Waals surface area contributed by atoms with Crippen molar-refractivity contribution in [3.05, 3.63) is 185 Å². The van der Waals surface area contributed by atoms with Gasteiger partial charge in [-0.15, -0.1) is 0 Å². The number of aromatic nitrogens is 1. The van der Waals surface area contributed by atoms with Crippen LogP contribution in [0.25, 0.3) is 27.7 Å². The summed E-state index contributed by atoms with van der Waals surface area (Å²) in [5.74, 6) is -17.8. The van der Waals surface area contributed by atoms with Crippen molar-refractivity contribution in [2.45, 2.75) is 37.3 Å². The van der Waals surface area contributed by atoms with Crippen molar-refractivity contribution in [2.75, 3.05) is 0 Å². The van der Waals surface area contributed by atoms with Crippen LogP contribution in [-0.4, -0.2) is 33.5 Å². The number of nitrogens with zero attached hydrogens (tertiary/aromatic N) is 1. The number of hydrogen-bond donors (Lipinski definition) is 1. The van der Waals surface area contributed by atoms with E-state index in [2.05, 4.69) is 0 Å². The minimum Gasteiger partial charge on any atom is -0.506 e. The van der Waals surface area contributed by atoms with E-state index >= 15 is 0 Å². The molecule has 0 saturated carbocycles. The van der Waals surface area contributed by atoms with Crippen LogP contribution in [0.4, 0.5) is 30.7 Å². The van der Waals surface area contributed by atoms with Crippen LogP contribution in [0.3, 0.4) is 0 Å². The summed E-state index contributed by atoms with van der Waals surface area (Å²) in [5.41, 5.74) is -1.52. The molecule has 1 aromatic heterocycles. The van der Waals surface area contributed by atoms with Crippen molar-refractivity contribution in [1.82, 2.24) is 4.57 Å². The van der Waals surface area contributed by atoms with E-state index in [-0.39, 0.29) is 66.0 Å². The molecule has 7 aromatic rings. The molecule has 60 heavy (non-hydrogen) atoms. The summed E-state index contributed by atoms with van der Waals surface area (Å²) in [7, 11) is -2.78. The maximum Gasteiger partial charge on any atom is 0.460 e. The molecule has 0 aliphatic heterocycles. The number of pyridine rings is 1. The zero-order valence-corrected chi connectivity index (χ0v) is 34.9. The summed E-state index contributed by atoms with van der Waals surface area (Å²) in [6.07, 6.45) is -6.81. The molecule has 1 N–H and O–H groups in total. The quantitative estimate of drug-likeness (QED) is 0.0981. The minimum atomic E-state index is -6.82. The molecule has 0 unspecified atom stereocenters. The van der Waals surface area contributed by atoms with Crippen molar-refractivity contribution < 1.29 is 94.6 Å². The van der Waals surface area contributed by atoms with E-state index in [0.29, 0.717) is 16.7 Å². The van der Waals surface area contributed by atoms with Gasteiger partial charge < -0.3 is 9.67 Å². The van der Waals surface area contributed by atoms with Crippen LogP contribution < -0.4 is 21.5 Å². The van der Waals surface area contributed by atoms with Crippen LogP contribution in [0.15, 0.2) is 163 Å². The van der Waals surface area contributed by atoms with Crippen LogP contribution in [0.2, 0.25) is 0 Å². The van der Waals surface area contributed by atoms with Crippen LogP contribution in [-0.2, 0) is 9.98 Å². The van der Waals surface area contributed by atoms with E-state index in [9.17, 15) is 50.0 Å². The number of hydrogen-bond acceptors (Lipinski definition) is 4. The molecule has 1 radical (unpaired) electrons. The zero-order chi connectivity index (χ0) is 42.5. The first-order valence-corrected chi connectivity index (χ1v) is 19.8. The first-order valence-electron chi connectivity index (χ1n) is 18.1. The molecular weight excluding hydrogens is 946 g/mol. The minimum absolute atomic E-state index is 0. The molecule has 8 rings (SSSR count). The van der Waals surface area contributed by atoms with Crippen molar-refractivity contribution in [3.63, 3.8) is 0 Å². The average Bonchev–Trinajstić information content (AvgIpc) is 3.46. The largest absolute Gasteiger partial charge is 0.506 e. The fraction of sp³-hybridized carbons (Fsp3) is 0.130. The number of para-hydroxylation sites is 1. The first-order chi connectivity index (χ1) is 27.8. The Kier molecular flexibility index (Phi) is 12.4. The molecular formula is C46H33EuF7NO4P. The van der Waals surface area contributed by atoms with Gasteiger partial charge in [0.15, 0.2) is 7.14 Å². The standard InChI is InChI=1S/C28H18F7NO3.C18H15OP.Eu/c1-25(2)18-11-7-6-10-15(18)16-12-17-20(13-19(16)25)36(14-8-4-3-5-9-14)24(39)21(22(17)37)23(38)26(29,30)27(31,32)28(33,34)35;19-20(16-10-4-1-5-11-16,17-12-6-2-7-13-17)18-14-8-3-9-15-18;/h3-13,37H,1-2H3;1-15H;. The van der Waals surface area contributed by atoms with Crippen LogP contribution >= 0.6 is 7.14 Å². The number of halogens is 7. The Bertz CT molecular complexity index is 2710. The Morgan fingerprint density at radius 3 is 1.52 bits per heavy atom. The maximum absolute atomic E-state index is 14.5. The Hall–Kier alpha value is -4.68. The third-order valence-corrected chi connectivity index (χ3v) is 13.6. The van der Waals surface area contributed by atoms with E-state index in [0.717, 1.165) is 26.0 Å². The number of benzene rings is 6. The van der Waals surface area contributed by atoms with Crippen LogP contribution in [0.5, 0.6) is 5.75 Å². The number of rotatable bonds is 7. The molecule has 14 heteroatoms. The van der Waals surface area contributed by atoms with E-state index < -0.39 is 53.2 Å². The van der Waals surface area contributed by atoms with Gasteiger partial charge in [0.2, 0.25) is 5.78 Å². The topological polar surface area (TPSA) is 76.4 Å². The maximum atomic E-state index is 14.5. The molecule has 0 spiro atoms. The summed E-state index contributed by atoms with van der Waals surface area (Å²) < 4.78 is 110. The fourth-order valence-corrected chi connectivity index (χ4v) is 10.1. The van der Waals surface area contributed by atoms with Crippen LogP contribution in [0, 0.1) is 49.4 Å². The predicted molar refractivity (Wildman–Crippen MR) is 215 cm³/mol. The molecule has 0 fully saturated rings. The van der Waals surface area contributed by atoms with Gasteiger partial charge in [-0.1, -0.05) is 147 Å². The van der Waals surface area contributed by atoms with Gasteiger partial charge in [0.25, 0.3) is 5.56 Å². The molecule has 6 aromatic carbocycles. The molecule has 0 atom stereocenters. The number of carbonyl (C=O) groups excluding carboxylic acids is 1. The number of alkyl halides is 7. The van der Waals surface area contributed by atoms with E-state index in [1.54, 1.807) is 24.3 Å². The number of aromatic hydroxyl groups is 1. The predicted octanol–water partition coefficient (Wildman–Crippen LogP) is 10.3. The molecule has 0 amide bonds. The van der Waals surface area contributed by atoms with E-state index in [1.807, 2.05) is 111 Å². The summed E-state index contributed by atoms with van der Waals surface area (Å²) in [5, 5.41) is 13.2. The van der Waals surface area contributed by atoms with Gasteiger partial charge in [-0.05, 0) is 46.5 Å². The van der Waals surface area contributed by atoms with Crippen LogP contribution in [0.1, 0.15) is 35.3 Å². The fourth-order valence-electron chi connectivity index (χ4n) is 7.44. The Labute approximate surface area is 380 Å². The van der Waals surface area contributed by atoms with Gasteiger partial charge in [0.1, 0.15) is 11.3 Å². The Morgan fingerprint density at radius 2 is 1.05 bits per heavy atom. The second-order valence-corrected chi connectivity index (χ2v) is 17.1. The average molecular weight is 980 g/mol. The van der Waals surface area contributed by atoms with Gasteiger partial charge in [-0.25, -0.2) is 0 Å². The monoisotopic (exact) mass is 980 g/mol. The second kappa shape index (κ2) is 16.6. The molecule has 5 nitrogen and oxygen atoms in total. The smallest absolute Gasteiger partial charge is 0.460 e. The normalized spacial score (nSPS) is 13.3. The SMILES string of the molecule is CC1(C)c2ccccc2-c2cc3c(O)c(C(=O)C(F)(F)C(F)(F)C(F)(F)F)c(=O)n(-c4ccccc4)c3cc21.O=P(c1ccccc1)(c1ccccc1)c1ccccc1.[Eu]. The molecule has 1 aliphatic rings. The summed E-state index contributed by atoms with van der Waals surface area (Å²) in [6.45, 7) is 3.79. The van der Waals surface area contributed by atoms with E-state index in [4.69, 9.17) is 0 Å². The van der Waals surface area contributed by atoms with Gasteiger partial charge in [0, 0.05) is 81.8 Å². The third kappa shape index (κ3) is 7.41. The molecule has 0 bridgehead atoms. The van der Waals surface area contributed by atoms with Crippen molar-refractivity contribution >= 4 is 39.7 Å². The number of Topliss-reactive ketones (excluding diaryl/α,β-unsaturated/α-hetero) is 1. The van der Waals surface area contributed by atoms with Crippen molar-refractivity contribution in [1.29, 1.82) is 0 Å². The van der Waals surface area contributed by atoms with Gasteiger partial charge in [-0.3, -0.25) is 14.2 Å². The number of ketones is 1. The van der Waals surface area contributed by atoms with Gasteiger partial charge in [-0.2, -0.15) is 30.7 Å². The van der Waals surface area contributed by atoms with Gasteiger partial charge >= 0.3 is 18.0 Å². The first kappa shape index (κ1) is 44.9. The van der Waals surface area contributed by atoms with Crippen molar-refractivity contribution in [2.24, 2.45) is 0 Å².